The van der Waals surface area contributed by atoms with Gasteiger partial charge in [0, 0.05) is 34.5 Å². The third kappa shape index (κ3) is 6.87. The molecular weight excluding hydrogens is 784 g/mol. The van der Waals surface area contributed by atoms with Crippen LogP contribution < -0.4 is 4.74 Å². The Balaban J connectivity index is 0.00000417. The zero-order valence-electron chi connectivity index (χ0n) is 29.5. The second-order valence-corrected chi connectivity index (χ2v) is 15.0. The number of aryl methyl sites for hydroxylation is 1. The Labute approximate surface area is 304 Å². The van der Waals surface area contributed by atoms with E-state index < -0.39 is 0 Å². The van der Waals surface area contributed by atoms with Crippen LogP contribution in [0.3, 0.4) is 0 Å². The molecule has 0 aliphatic rings. The van der Waals surface area contributed by atoms with E-state index in [1.165, 1.54) is 16.5 Å². The molecule has 0 fully saturated rings. The van der Waals surface area contributed by atoms with Crippen LogP contribution in [0.2, 0.25) is 0 Å². The first-order valence-electron chi connectivity index (χ1n) is 16.6. The molecule has 0 amide bonds. The van der Waals surface area contributed by atoms with Gasteiger partial charge in [0.15, 0.2) is 0 Å². The maximum absolute atomic E-state index is 6.48. The molecule has 7 aromatic rings. The van der Waals surface area contributed by atoms with Crippen LogP contribution >= 0.6 is 0 Å². The van der Waals surface area contributed by atoms with Gasteiger partial charge in [0.25, 0.3) is 0 Å². The summed E-state index contributed by atoms with van der Waals surface area (Å²) in [6, 6.07) is 38.6. The smallest absolute Gasteiger partial charge is 0.509 e. The molecule has 0 saturated carbocycles. The average molecular weight is 826 g/mol. The fraction of sp³-hybridized carbons (Fsp3) is 0.256. The van der Waals surface area contributed by atoms with E-state index in [0.29, 0.717) is 11.5 Å². The van der Waals surface area contributed by atoms with Gasteiger partial charge in [-0.15, -0.1) is 35.7 Å². The molecule has 3 heterocycles. The first-order chi connectivity index (χ1) is 22.9. The molecule has 0 radical (unpaired) electrons. The molecule has 250 valence electrons. The zero-order chi connectivity index (χ0) is 33.8. The minimum Gasteiger partial charge on any atom is -0.509 e. The van der Waals surface area contributed by atoms with E-state index in [1.807, 2.05) is 48.1 Å². The first-order valence-corrected chi connectivity index (χ1v) is 16.6. The first kappa shape index (κ1) is 34.4. The average Bonchev–Trinajstić information content (AvgIpc) is 3.52. The number of rotatable bonds is 6. The molecule has 0 saturated heterocycles. The van der Waals surface area contributed by atoms with Gasteiger partial charge in [0.05, 0.1) is 5.69 Å². The molecule has 4 aromatic carbocycles. The SMILES string of the molecule is Cc1nn(-c2[c-]c(Oc3[c-]c4c(cc3)c3cc(C(C)(C)C)ccc3n4-c3cc(CC(C)(C)C)ccn3)ccc2)c(C)c1-c1ccccc1.[Pt+2]. The molecule has 0 bridgehead atoms. The topological polar surface area (TPSA) is 44.9 Å². The van der Waals surface area contributed by atoms with Crippen molar-refractivity contribution in [3.8, 4) is 34.1 Å². The summed E-state index contributed by atoms with van der Waals surface area (Å²) in [5, 5.41) is 7.17. The van der Waals surface area contributed by atoms with E-state index in [-0.39, 0.29) is 31.9 Å². The Hall–Kier alpha value is -4.47. The van der Waals surface area contributed by atoms with E-state index in [0.717, 1.165) is 56.9 Å². The third-order valence-corrected chi connectivity index (χ3v) is 8.84. The normalized spacial score (nSPS) is 12.0. The summed E-state index contributed by atoms with van der Waals surface area (Å²) >= 11 is 0. The van der Waals surface area contributed by atoms with E-state index in [9.17, 15) is 0 Å². The molecule has 6 heteroatoms. The van der Waals surface area contributed by atoms with E-state index in [4.69, 9.17) is 14.8 Å². The van der Waals surface area contributed by atoms with Crippen molar-refractivity contribution in [1.29, 1.82) is 0 Å². The Morgan fingerprint density at radius 2 is 1.51 bits per heavy atom. The molecule has 0 aliphatic carbocycles. The van der Waals surface area contributed by atoms with Crippen LogP contribution in [-0.4, -0.2) is 19.3 Å². The van der Waals surface area contributed by atoms with Crippen LogP contribution in [0.4, 0.5) is 0 Å². The van der Waals surface area contributed by atoms with Crippen molar-refractivity contribution in [3.63, 3.8) is 0 Å². The summed E-state index contributed by atoms with van der Waals surface area (Å²) in [6.07, 6.45) is 2.88. The van der Waals surface area contributed by atoms with E-state index in [2.05, 4.69) is 126 Å². The summed E-state index contributed by atoms with van der Waals surface area (Å²) in [5.74, 6) is 2.08. The van der Waals surface area contributed by atoms with Gasteiger partial charge >= 0.3 is 21.1 Å². The predicted octanol–water partition coefficient (Wildman–Crippen LogP) is 10.9. The molecule has 5 nitrogen and oxygen atoms in total. The van der Waals surface area contributed by atoms with E-state index >= 15 is 0 Å². The van der Waals surface area contributed by atoms with Crippen molar-refractivity contribution < 1.29 is 25.8 Å². The number of fused-ring (bicyclic) bond motifs is 3. The summed E-state index contributed by atoms with van der Waals surface area (Å²) in [7, 11) is 0. The summed E-state index contributed by atoms with van der Waals surface area (Å²) in [4.78, 5) is 4.87. The maximum Gasteiger partial charge on any atom is 2.00 e. The van der Waals surface area contributed by atoms with Crippen LogP contribution in [0.15, 0.2) is 97.2 Å². The summed E-state index contributed by atoms with van der Waals surface area (Å²) < 4.78 is 10.6. The zero-order valence-corrected chi connectivity index (χ0v) is 31.7. The Morgan fingerprint density at radius 1 is 0.755 bits per heavy atom. The van der Waals surface area contributed by atoms with Crippen LogP contribution in [0.5, 0.6) is 11.5 Å². The van der Waals surface area contributed by atoms with E-state index in [1.54, 1.807) is 0 Å². The van der Waals surface area contributed by atoms with Gasteiger partial charge in [0.2, 0.25) is 0 Å². The third-order valence-electron chi connectivity index (χ3n) is 8.84. The van der Waals surface area contributed by atoms with Crippen molar-refractivity contribution in [3.05, 3.63) is 132 Å². The Morgan fingerprint density at radius 3 is 2.24 bits per heavy atom. The molecule has 7 rings (SSSR count). The second-order valence-electron chi connectivity index (χ2n) is 15.0. The quantitative estimate of drug-likeness (QED) is 0.157. The van der Waals surface area contributed by atoms with Gasteiger partial charge in [-0.25, -0.2) is 4.98 Å². The Bertz CT molecular complexity index is 2280. The Kier molecular flexibility index (Phi) is 9.19. The van der Waals surface area contributed by atoms with Crippen molar-refractivity contribution in [2.75, 3.05) is 0 Å². The standard InChI is InChI=1S/C43H42N4O.Pt/c1-28-41(31-13-10-9-11-14-31)29(2)47(45-28)33-15-12-16-34(25-33)48-35-18-19-36-37-24-32(43(6,7)8)17-20-38(37)46(39(36)26-35)40-23-30(21-22-44-40)27-42(3,4)5;/h9-24H,27H2,1-8H3;/q-2;+2. The number of hydrogen-bond acceptors (Lipinski definition) is 3. The van der Waals surface area contributed by atoms with Gasteiger partial charge in [-0.3, -0.25) is 4.68 Å². The minimum absolute atomic E-state index is 0. The van der Waals surface area contributed by atoms with Crippen LogP contribution in [0.1, 0.15) is 64.1 Å². The van der Waals surface area contributed by atoms with Gasteiger partial charge in [-0.2, -0.15) is 17.2 Å². The van der Waals surface area contributed by atoms with Crippen molar-refractivity contribution in [2.24, 2.45) is 5.41 Å². The van der Waals surface area contributed by atoms with Crippen LogP contribution in [0, 0.1) is 31.4 Å². The summed E-state index contributed by atoms with van der Waals surface area (Å²) in [6.45, 7) is 17.7. The fourth-order valence-corrected chi connectivity index (χ4v) is 6.63. The van der Waals surface area contributed by atoms with Gasteiger partial charge in [-0.05, 0) is 77.1 Å². The molecule has 0 spiro atoms. The van der Waals surface area contributed by atoms with Gasteiger partial charge < -0.3 is 9.30 Å². The van der Waals surface area contributed by atoms with Gasteiger partial charge in [0.1, 0.15) is 5.82 Å². The maximum atomic E-state index is 6.48. The van der Waals surface area contributed by atoms with Crippen LogP contribution in [-0.2, 0) is 32.9 Å². The molecular formula is C43H42N4OPt. The fourth-order valence-electron chi connectivity index (χ4n) is 6.63. The number of pyridine rings is 1. The van der Waals surface area contributed by atoms with Crippen LogP contribution in [0.25, 0.3) is 44.4 Å². The molecule has 0 N–H and O–H groups in total. The molecule has 0 unspecified atom stereocenters. The summed E-state index contributed by atoms with van der Waals surface area (Å²) in [5.41, 5.74) is 9.89. The second kappa shape index (κ2) is 13.1. The van der Waals surface area contributed by atoms with Crippen molar-refractivity contribution in [1.82, 2.24) is 19.3 Å². The minimum atomic E-state index is 0. The molecule has 3 aromatic heterocycles. The predicted molar refractivity (Wildman–Crippen MR) is 197 cm³/mol. The number of nitrogens with zero attached hydrogens (tertiary/aromatic N) is 4. The number of ether oxygens (including phenoxy) is 1. The number of benzene rings is 4. The molecule has 49 heavy (non-hydrogen) atoms. The van der Waals surface area contributed by atoms with Crippen molar-refractivity contribution in [2.45, 2.75) is 67.2 Å². The number of aromatic nitrogens is 4. The van der Waals surface area contributed by atoms with Crippen molar-refractivity contribution >= 4 is 21.8 Å². The number of hydrogen-bond donors (Lipinski definition) is 0. The molecule has 0 atom stereocenters. The monoisotopic (exact) mass is 825 g/mol. The van der Waals surface area contributed by atoms with Gasteiger partial charge in [-0.1, -0.05) is 89.5 Å². The molecule has 0 aliphatic heterocycles. The largest absolute Gasteiger partial charge is 2.00 e.